The number of ether oxygens (including phenoxy) is 1. The Balaban J connectivity index is 1.77. The largest absolute Gasteiger partial charge is 0.381 e. The van der Waals surface area contributed by atoms with Gasteiger partial charge in [0.1, 0.15) is 0 Å². The normalized spacial score (nSPS) is 20.4. The fraction of sp³-hybridized carbons (Fsp3) is 0.706. The average molecular weight is 318 g/mol. The summed E-state index contributed by atoms with van der Waals surface area (Å²) in [4.78, 5) is 23.5. The Labute approximate surface area is 137 Å². The van der Waals surface area contributed by atoms with Gasteiger partial charge < -0.3 is 15.0 Å². The number of hydrogen-bond acceptors (Lipinski definition) is 5. The van der Waals surface area contributed by atoms with E-state index in [1.807, 2.05) is 18.0 Å². The molecule has 1 aromatic rings. The topological polar surface area (TPSA) is 67.4 Å². The van der Waals surface area contributed by atoms with Crippen molar-refractivity contribution in [2.24, 2.45) is 0 Å². The summed E-state index contributed by atoms with van der Waals surface area (Å²) in [5.74, 6) is 0.852. The van der Waals surface area contributed by atoms with Gasteiger partial charge in [-0.05, 0) is 33.1 Å². The first-order chi connectivity index (χ1) is 11.0. The minimum Gasteiger partial charge on any atom is -0.381 e. The van der Waals surface area contributed by atoms with Crippen LogP contribution in [0, 0.1) is 0 Å². The van der Waals surface area contributed by atoms with Crippen LogP contribution in [0.5, 0.6) is 0 Å². The van der Waals surface area contributed by atoms with Crippen molar-refractivity contribution in [3.63, 3.8) is 0 Å². The number of aromatic nitrogens is 2. The first-order valence-electron chi connectivity index (χ1n) is 8.53. The number of carbonyl (C=O) groups excluding carboxylic acids is 1. The van der Waals surface area contributed by atoms with Gasteiger partial charge in [0.05, 0.1) is 17.8 Å². The van der Waals surface area contributed by atoms with Gasteiger partial charge in [-0.25, -0.2) is 9.97 Å². The molecular formula is C17H26N4O2. The van der Waals surface area contributed by atoms with Crippen LogP contribution in [-0.2, 0) is 21.6 Å². The van der Waals surface area contributed by atoms with Crippen LogP contribution in [0.4, 0.5) is 5.95 Å². The number of nitrogens with zero attached hydrogens (tertiary/aromatic N) is 3. The van der Waals surface area contributed by atoms with E-state index in [0.29, 0.717) is 25.0 Å². The molecule has 0 unspecified atom stereocenters. The van der Waals surface area contributed by atoms with Crippen molar-refractivity contribution in [2.45, 2.75) is 64.6 Å². The van der Waals surface area contributed by atoms with Crippen molar-refractivity contribution in [3.8, 4) is 0 Å². The lowest BCUT2D eigenvalue weighted by atomic mass is 9.97. The first-order valence-corrected chi connectivity index (χ1v) is 8.53. The summed E-state index contributed by atoms with van der Waals surface area (Å²) < 4.78 is 5.38. The lowest BCUT2D eigenvalue weighted by Crippen LogP contribution is -2.40. The minimum atomic E-state index is -0.335. The maximum absolute atomic E-state index is 12.4. The number of nitrogens with one attached hydrogen (secondary N) is 1. The molecule has 1 amide bonds. The van der Waals surface area contributed by atoms with E-state index in [-0.39, 0.29) is 11.4 Å². The number of anilines is 1. The third-order valence-corrected chi connectivity index (χ3v) is 4.83. The Morgan fingerprint density at radius 3 is 2.87 bits per heavy atom. The molecule has 0 aliphatic carbocycles. The summed E-state index contributed by atoms with van der Waals surface area (Å²) in [6, 6.07) is 0.369. The summed E-state index contributed by atoms with van der Waals surface area (Å²) in [6.45, 7) is 8.32. The van der Waals surface area contributed by atoms with Gasteiger partial charge in [0, 0.05) is 37.4 Å². The third kappa shape index (κ3) is 3.17. The van der Waals surface area contributed by atoms with Gasteiger partial charge in [0.25, 0.3) is 0 Å². The molecule has 126 valence electrons. The molecule has 6 nitrogen and oxygen atoms in total. The lowest BCUT2D eigenvalue weighted by Gasteiger charge is -2.32. The highest BCUT2D eigenvalue weighted by molar-refractivity contribution is 5.78. The Hall–Kier alpha value is -1.69. The molecule has 0 bridgehead atoms. The summed E-state index contributed by atoms with van der Waals surface area (Å²) in [7, 11) is 0. The van der Waals surface area contributed by atoms with Crippen LogP contribution in [0.15, 0.2) is 6.20 Å². The second kappa shape index (κ2) is 6.43. The van der Waals surface area contributed by atoms with Crippen molar-refractivity contribution in [3.05, 3.63) is 17.5 Å². The van der Waals surface area contributed by atoms with Crippen molar-refractivity contribution in [1.82, 2.24) is 14.9 Å². The molecule has 0 radical (unpaired) electrons. The fourth-order valence-electron chi connectivity index (χ4n) is 3.38. The number of amides is 1. The molecule has 1 N–H and O–H groups in total. The average Bonchev–Trinajstić information content (AvgIpc) is 2.79. The fourth-order valence-corrected chi connectivity index (χ4v) is 3.38. The zero-order valence-electron chi connectivity index (χ0n) is 14.3. The highest BCUT2D eigenvalue weighted by Gasteiger charge is 2.41. The van der Waals surface area contributed by atoms with Gasteiger partial charge in [0.15, 0.2) is 0 Å². The van der Waals surface area contributed by atoms with E-state index in [2.05, 4.69) is 29.1 Å². The van der Waals surface area contributed by atoms with Gasteiger partial charge in [-0.15, -0.1) is 0 Å². The van der Waals surface area contributed by atoms with Crippen LogP contribution >= 0.6 is 0 Å². The summed E-state index contributed by atoms with van der Waals surface area (Å²) in [6.07, 6.45) is 5.28. The minimum absolute atomic E-state index is 0.189. The van der Waals surface area contributed by atoms with Gasteiger partial charge >= 0.3 is 0 Å². The highest BCUT2D eigenvalue weighted by atomic mass is 16.5. The maximum atomic E-state index is 12.4. The van der Waals surface area contributed by atoms with Crippen LogP contribution < -0.4 is 5.32 Å². The quantitative estimate of drug-likeness (QED) is 0.923. The van der Waals surface area contributed by atoms with E-state index in [1.54, 1.807) is 0 Å². The number of rotatable bonds is 4. The maximum Gasteiger partial charge on any atom is 0.223 e. The Kier molecular flexibility index (Phi) is 4.53. The van der Waals surface area contributed by atoms with Gasteiger partial charge in [-0.1, -0.05) is 6.92 Å². The lowest BCUT2D eigenvalue weighted by molar-refractivity contribution is -0.136. The van der Waals surface area contributed by atoms with Crippen molar-refractivity contribution in [1.29, 1.82) is 0 Å². The van der Waals surface area contributed by atoms with E-state index < -0.39 is 0 Å². The molecule has 1 saturated heterocycles. The molecule has 0 saturated carbocycles. The zero-order chi connectivity index (χ0) is 16.4. The first kappa shape index (κ1) is 16.2. The number of fused-ring (bicyclic) bond motifs is 1. The van der Waals surface area contributed by atoms with E-state index in [1.165, 1.54) is 0 Å². The number of hydrogen-bond donors (Lipinski definition) is 1. The summed E-state index contributed by atoms with van der Waals surface area (Å²) in [5, 5.41) is 3.40. The number of carbonyl (C=O) groups is 1. The van der Waals surface area contributed by atoms with Crippen molar-refractivity contribution >= 4 is 11.9 Å². The standard InChI is InChI=1S/C17H26N4O2/c1-4-5-15(22)21-11-14-13(17(21,2)3)10-18-16(20-14)19-12-6-8-23-9-7-12/h10,12H,4-9,11H2,1-3H3,(H,18,19,20). The van der Waals surface area contributed by atoms with E-state index in [4.69, 9.17) is 4.74 Å². The highest BCUT2D eigenvalue weighted by Crippen LogP contribution is 2.38. The molecule has 1 fully saturated rings. The van der Waals surface area contributed by atoms with Crippen LogP contribution in [0.2, 0.25) is 0 Å². The van der Waals surface area contributed by atoms with Crippen LogP contribution in [0.3, 0.4) is 0 Å². The molecule has 0 aromatic carbocycles. The van der Waals surface area contributed by atoms with Gasteiger partial charge in [-0.2, -0.15) is 0 Å². The molecule has 0 spiro atoms. The smallest absolute Gasteiger partial charge is 0.223 e. The molecule has 6 heteroatoms. The van der Waals surface area contributed by atoms with Crippen LogP contribution in [0.1, 0.15) is 57.7 Å². The van der Waals surface area contributed by atoms with Crippen molar-refractivity contribution < 1.29 is 9.53 Å². The SMILES string of the molecule is CCCC(=O)N1Cc2nc(NC3CCOCC3)ncc2C1(C)C. The predicted octanol–water partition coefficient (Wildman–Crippen LogP) is 2.44. The molecule has 23 heavy (non-hydrogen) atoms. The van der Waals surface area contributed by atoms with Crippen LogP contribution in [-0.4, -0.2) is 40.0 Å². The summed E-state index contributed by atoms with van der Waals surface area (Å²) >= 11 is 0. The van der Waals surface area contributed by atoms with Gasteiger partial charge in [0.2, 0.25) is 11.9 Å². The molecule has 3 heterocycles. The van der Waals surface area contributed by atoms with E-state index >= 15 is 0 Å². The molecular weight excluding hydrogens is 292 g/mol. The third-order valence-electron chi connectivity index (χ3n) is 4.83. The Morgan fingerprint density at radius 2 is 2.17 bits per heavy atom. The molecule has 0 atom stereocenters. The zero-order valence-corrected chi connectivity index (χ0v) is 14.3. The van der Waals surface area contributed by atoms with Gasteiger partial charge in [-0.3, -0.25) is 4.79 Å². The summed E-state index contributed by atoms with van der Waals surface area (Å²) in [5.41, 5.74) is 1.68. The predicted molar refractivity (Wildman–Crippen MR) is 88.0 cm³/mol. The molecule has 2 aliphatic heterocycles. The van der Waals surface area contributed by atoms with Crippen LogP contribution in [0.25, 0.3) is 0 Å². The monoisotopic (exact) mass is 318 g/mol. The van der Waals surface area contributed by atoms with E-state index in [0.717, 1.165) is 43.7 Å². The second-order valence-electron chi connectivity index (χ2n) is 6.87. The molecule has 3 rings (SSSR count). The molecule has 1 aromatic heterocycles. The molecule has 2 aliphatic rings. The second-order valence-corrected chi connectivity index (χ2v) is 6.87. The van der Waals surface area contributed by atoms with Crippen molar-refractivity contribution in [2.75, 3.05) is 18.5 Å². The Bertz CT molecular complexity index is 582. The Morgan fingerprint density at radius 1 is 1.43 bits per heavy atom. The van der Waals surface area contributed by atoms with E-state index in [9.17, 15) is 4.79 Å².